The van der Waals surface area contributed by atoms with Crippen molar-refractivity contribution in [2.24, 2.45) is 0 Å². The molecule has 2 heterocycles. The number of amides is 2. The van der Waals surface area contributed by atoms with Crippen LogP contribution in [-0.2, 0) is 16.1 Å². The molecule has 0 radical (unpaired) electrons. The van der Waals surface area contributed by atoms with Crippen LogP contribution < -0.4 is 0 Å². The van der Waals surface area contributed by atoms with Gasteiger partial charge >= 0.3 is 0 Å². The summed E-state index contributed by atoms with van der Waals surface area (Å²) in [4.78, 5) is 31.0. The number of nitrogens with zero attached hydrogens (tertiary/aromatic N) is 3. The Morgan fingerprint density at radius 3 is 2.64 bits per heavy atom. The fourth-order valence-corrected chi connectivity index (χ4v) is 3.97. The molecule has 5 nitrogen and oxygen atoms in total. The zero-order valence-electron chi connectivity index (χ0n) is 15.2. The van der Waals surface area contributed by atoms with Gasteiger partial charge in [-0.25, -0.2) is 0 Å². The van der Waals surface area contributed by atoms with E-state index in [0.29, 0.717) is 25.6 Å². The van der Waals surface area contributed by atoms with Crippen LogP contribution in [0.5, 0.6) is 0 Å². The Bertz CT molecular complexity index is 590. The average molecular weight is 343 g/mol. The maximum absolute atomic E-state index is 12.7. The van der Waals surface area contributed by atoms with Gasteiger partial charge in [0.15, 0.2) is 0 Å². The summed E-state index contributed by atoms with van der Waals surface area (Å²) in [5.41, 5.74) is 1.10. The van der Waals surface area contributed by atoms with Gasteiger partial charge in [0.05, 0.1) is 0 Å². The summed E-state index contributed by atoms with van der Waals surface area (Å²) in [6.07, 6.45) is 3.93. The Kier molecular flexibility index (Phi) is 6.08. The predicted molar refractivity (Wildman–Crippen MR) is 97.9 cm³/mol. The third kappa shape index (κ3) is 4.82. The Morgan fingerprint density at radius 1 is 1.12 bits per heavy atom. The topological polar surface area (TPSA) is 43.9 Å². The van der Waals surface area contributed by atoms with Gasteiger partial charge in [0, 0.05) is 52.1 Å². The highest BCUT2D eigenvalue weighted by Gasteiger charge is 2.30. The molecule has 2 aliphatic heterocycles. The maximum atomic E-state index is 12.7. The van der Waals surface area contributed by atoms with E-state index < -0.39 is 0 Å². The molecule has 136 valence electrons. The lowest BCUT2D eigenvalue weighted by Crippen LogP contribution is -2.41. The van der Waals surface area contributed by atoms with E-state index >= 15 is 0 Å². The number of fused-ring (bicyclic) bond motifs is 1. The van der Waals surface area contributed by atoms with E-state index in [1.54, 1.807) is 11.8 Å². The van der Waals surface area contributed by atoms with Crippen LogP contribution in [0.25, 0.3) is 0 Å². The van der Waals surface area contributed by atoms with Crippen molar-refractivity contribution in [1.82, 2.24) is 14.7 Å². The number of carbonyl (C=O) groups is 2. The molecule has 1 aromatic carbocycles. The van der Waals surface area contributed by atoms with Crippen LogP contribution in [0.2, 0.25) is 0 Å². The van der Waals surface area contributed by atoms with Gasteiger partial charge in [0.2, 0.25) is 11.8 Å². The molecule has 3 rings (SSSR count). The van der Waals surface area contributed by atoms with Crippen molar-refractivity contribution in [3.8, 4) is 0 Å². The second-order valence-electron chi connectivity index (χ2n) is 7.20. The largest absolute Gasteiger partial charge is 0.341 e. The minimum Gasteiger partial charge on any atom is -0.341 e. The quantitative estimate of drug-likeness (QED) is 0.823. The van der Waals surface area contributed by atoms with Crippen molar-refractivity contribution in [3.63, 3.8) is 0 Å². The lowest BCUT2D eigenvalue weighted by Gasteiger charge is -2.27. The second kappa shape index (κ2) is 8.48. The highest BCUT2D eigenvalue weighted by molar-refractivity contribution is 5.78. The third-order valence-electron chi connectivity index (χ3n) is 5.41. The summed E-state index contributed by atoms with van der Waals surface area (Å²) in [5.74, 6) is 0.211. The summed E-state index contributed by atoms with van der Waals surface area (Å²) in [6, 6.07) is 10.5. The van der Waals surface area contributed by atoms with Crippen LogP contribution in [0, 0.1) is 0 Å². The second-order valence-corrected chi connectivity index (χ2v) is 7.20. The molecule has 0 saturated carbocycles. The molecular weight excluding hydrogens is 314 g/mol. The molecule has 5 heteroatoms. The summed E-state index contributed by atoms with van der Waals surface area (Å²) in [6.45, 7) is 6.65. The molecule has 2 saturated heterocycles. The smallest absolute Gasteiger partial charge is 0.224 e. The van der Waals surface area contributed by atoms with E-state index in [1.165, 1.54) is 19.4 Å². The van der Waals surface area contributed by atoms with Crippen LogP contribution in [0.4, 0.5) is 0 Å². The highest BCUT2D eigenvalue weighted by atomic mass is 16.2. The SMILES string of the molecule is CC(=O)N(CCC(=O)N1CCCN2CCC[C@@H]2C1)Cc1ccccc1. The molecule has 0 unspecified atom stereocenters. The zero-order valence-corrected chi connectivity index (χ0v) is 15.2. The lowest BCUT2D eigenvalue weighted by molar-refractivity contribution is -0.134. The molecule has 2 fully saturated rings. The molecule has 0 aromatic heterocycles. The van der Waals surface area contributed by atoms with Crippen LogP contribution >= 0.6 is 0 Å². The van der Waals surface area contributed by atoms with Crippen molar-refractivity contribution in [2.75, 3.05) is 32.7 Å². The van der Waals surface area contributed by atoms with Gasteiger partial charge in [-0.05, 0) is 31.4 Å². The summed E-state index contributed by atoms with van der Waals surface area (Å²) in [5, 5.41) is 0. The van der Waals surface area contributed by atoms with Crippen LogP contribution in [-0.4, -0.2) is 65.3 Å². The molecule has 1 aromatic rings. The van der Waals surface area contributed by atoms with E-state index in [4.69, 9.17) is 0 Å². The number of hydrogen-bond donors (Lipinski definition) is 0. The molecule has 25 heavy (non-hydrogen) atoms. The van der Waals surface area contributed by atoms with Gasteiger partial charge in [-0.1, -0.05) is 30.3 Å². The molecule has 0 aliphatic carbocycles. The van der Waals surface area contributed by atoms with E-state index in [1.807, 2.05) is 35.2 Å². The monoisotopic (exact) mass is 343 g/mol. The number of benzene rings is 1. The Balaban J connectivity index is 1.53. The van der Waals surface area contributed by atoms with E-state index in [2.05, 4.69) is 4.90 Å². The zero-order chi connectivity index (χ0) is 17.6. The number of rotatable bonds is 5. The summed E-state index contributed by atoms with van der Waals surface area (Å²) < 4.78 is 0. The highest BCUT2D eigenvalue weighted by Crippen LogP contribution is 2.21. The van der Waals surface area contributed by atoms with Gasteiger partial charge in [0.1, 0.15) is 0 Å². The molecule has 2 amide bonds. The van der Waals surface area contributed by atoms with Crippen molar-refractivity contribution >= 4 is 11.8 Å². The van der Waals surface area contributed by atoms with Crippen molar-refractivity contribution in [1.29, 1.82) is 0 Å². The van der Waals surface area contributed by atoms with Crippen LogP contribution in [0.1, 0.15) is 38.2 Å². The van der Waals surface area contributed by atoms with Gasteiger partial charge in [-0.3, -0.25) is 14.5 Å². The Hall–Kier alpha value is -1.88. The van der Waals surface area contributed by atoms with Gasteiger partial charge in [-0.2, -0.15) is 0 Å². The fraction of sp³-hybridized carbons (Fsp3) is 0.600. The third-order valence-corrected chi connectivity index (χ3v) is 5.41. The number of hydrogen-bond acceptors (Lipinski definition) is 3. The van der Waals surface area contributed by atoms with E-state index in [-0.39, 0.29) is 11.8 Å². The molecular formula is C20H29N3O2. The van der Waals surface area contributed by atoms with Crippen molar-refractivity contribution in [2.45, 2.75) is 45.2 Å². The van der Waals surface area contributed by atoms with E-state index in [0.717, 1.165) is 31.6 Å². The normalized spacial score (nSPS) is 20.8. The van der Waals surface area contributed by atoms with E-state index in [9.17, 15) is 9.59 Å². The minimum atomic E-state index is 0.0227. The molecule has 1 atom stereocenters. The average Bonchev–Trinajstić information content (AvgIpc) is 2.95. The van der Waals surface area contributed by atoms with Crippen molar-refractivity contribution < 1.29 is 9.59 Å². The molecule has 2 aliphatic rings. The van der Waals surface area contributed by atoms with Gasteiger partial charge < -0.3 is 9.80 Å². The first-order valence-electron chi connectivity index (χ1n) is 9.45. The minimum absolute atomic E-state index is 0.0227. The summed E-state index contributed by atoms with van der Waals surface area (Å²) in [7, 11) is 0. The Morgan fingerprint density at radius 2 is 1.88 bits per heavy atom. The van der Waals surface area contributed by atoms with Gasteiger partial charge in [0.25, 0.3) is 0 Å². The van der Waals surface area contributed by atoms with Crippen LogP contribution in [0.3, 0.4) is 0 Å². The molecule has 0 bridgehead atoms. The lowest BCUT2D eigenvalue weighted by atomic mass is 10.2. The Labute approximate surface area is 150 Å². The summed E-state index contributed by atoms with van der Waals surface area (Å²) >= 11 is 0. The molecule has 0 spiro atoms. The van der Waals surface area contributed by atoms with Crippen LogP contribution in [0.15, 0.2) is 30.3 Å². The maximum Gasteiger partial charge on any atom is 0.224 e. The van der Waals surface area contributed by atoms with Gasteiger partial charge in [-0.15, -0.1) is 0 Å². The number of carbonyl (C=O) groups excluding carboxylic acids is 2. The fourth-order valence-electron chi connectivity index (χ4n) is 3.97. The first kappa shape index (κ1) is 17.9. The first-order chi connectivity index (χ1) is 12.1. The predicted octanol–water partition coefficient (Wildman–Crippen LogP) is 2.12. The van der Waals surface area contributed by atoms with Crippen molar-refractivity contribution in [3.05, 3.63) is 35.9 Å². The standard InChI is InChI=1S/C20H29N3O2/c1-17(24)22(15-18-7-3-2-4-8-18)14-10-20(25)23-13-6-12-21-11-5-9-19(21)16-23/h2-4,7-8,19H,5-6,9-16H2,1H3/t19-/m1/s1. The molecule has 0 N–H and O–H groups in total. The first-order valence-corrected chi connectivity index (χ1v) is 9.45.